The number of fused-ring (bicyclic) bond motifs is 6. The van der Waals surface area contributed by atoms with Gasteiger partial charge in [-0.2, -0.15) is 0 Å². The van der Waals surface area contributed by atoms with Crippen LogP contribution in [0.25, 0.3) is 0 Å². The molecule has 0 radical (unpaired) electrons. The highest BCUT2D eigenvalue weighted by atomic mass is 16.8. The normalized spacial score (nSPS) is 64.5. The van der Waals surface area contributed by atoms with Crippen molar-refractivity contribution >= 4 is 0 Å². The predicted octanol–water partition coefficient (Wildman–Crippen LogP) is 1.81. The van der Waals surface area contributed by atoms with Crippen molar-refractivity contribution in [1.82, 2.24) is 0 Å². The topological polar surface area (TPSA) is 77.4 Å². The van der Waals surface area contributed by atoms with Crippen LogP contribution in [0.15, 0.2) is 0 Å². The summed E-state index contributed by atoms with van der Waals surface area (Å²) in [6, 6.07) is 0. The standard InChI is InChI=1S/C22H32O6/c23-15-17-18(26-21(25-17)13-7-9-1-3-11(13)5-9)16(24)20-19(15)27-22(28-20)14-8-10-2-4-12(14)6-10/h9-24H,1-8H2/t9?,10?,11?,12?,13?,14?,15-,16-,17-,18-,19-,20+,21?,22?/m0/s1. The van der Waals surface area contributed by atoms with Crippen molar-refractivity contribution in [2.45, 2.75) is 101 Å². The van der Waals surface area contributed by atoms with Gasteiger partial charge in [0.05, 0.1) is 0 Å². The Balaban J connectivity index is 1.08. The summed E-state index contributed by atoms with van der Waals surface area (Å²) in [5.74, 6) is 3.80. The lowest BCUT2D eigenvalue weighted by molar-refractivity contribution is -0.154. The molecule has 0 spiro atoms. The maximum absolute atomic E-state index is 11.0. The third-order valence-corrected chi connectivity index (χ3v) is 9.44. The SMILES string of the molecule is O[C@@H]1[C@H]2OC(C3CC4CCC3C4)O[C@H]2[C@@H](O)[C@@H]2OC(C3CC4CCC3C4)O[C@@H]12. The van der Waals surface area contributed by atoms with Gasteiger partial charge in [0.1, 0.15) is 36.6 Å². The van der Waals surface area contributed by atoms with E-state index in [9.17, 15) is 10.2 Å². The van der Waals surface area contributed by atoms with E-state index in [1.54, 1.807) is 0 Å². The van der Waals surface area contributed by atoms with Crippen LogP contribution in [-0.4, -0.2) is 59.4 Å². The Bertz CT molecular complexity index is 565. The molecule has 2 saturated heterocycles. The largest absolute Gasteiger partial charge is 0.387 e. The molecule has 28 heavy (non-hydrogen) atoms. The van der Waals surface area contributed by atoms with Gasteiger partial charge in [-0.15, -0.1) is 0 Å². The summed E-state index contributed by atoms with van der Waals surface area (Å²) in [7, 11) is 0. The molecule has 2 aliphatic heterocycles. The highest BCUT2D eigenvalue weighted by Gasteiger charge is 2.63. The van der Waals surface area contributed by atoms with Crippen molar-refractivity contribution < 1.29 is 29.2 Å². The van der Waals surface area contributed by atoms with E-state index in [0.29, 0.717) is 23.7 Å². The molecule has 0 aromatic rings. The fourth-order valence-electron chi connectivity index (χ4n) is 8.12. The van der Waals surface area contributed by atoms with Crippen molar-refractivity contribution in [3.05, 3.63) is 0 Å². The summed E-state index contributed by atoms with van der Waals surface area (Å²) in [5, 5.41) is 22.1. The molecule has 5 aliphatic carbocycles. The van der Waals surface area contributed by atoms with Crippen molar-refractivity contribution in [2.24, 2.45) is 35.5 Å². The Morgan fingerprint density at radius 3 is 1.18 bits per heavy atom. The van der Waals surface area contributed by atoms with E-state index < -0.39 is 36.6 Å². The van der Waals surface area contributed by atoms with Crippen LogP contribution in [0, 0.1) is 35.5 Å². The summed E-state index contributed by atoms with van der Waals surface area (Å²) < 4.78 is 24.9. The van der Waals surface area contributed by atoms with Gasteiger partial charge in [0, 0.05) is 11.8 Å². The molecule has 0 amide bonds. The molecule has 4 bridgehead atoms. The highest BCUT2D eigenvalue weighted by molar-refractivity contribution is 5.08. The van der Waals surface area contributed by atoms with Gasteiger partial charge in [0.15, 0.2) is 12.6 Å². The fraction of sp³-hybridized carbons (Fsp3) is 1.00. The summed E-state index contributed by atoms with van der Waals surface area (Å²) in [6.07, 6.45) is 5.86. The molecule has 7 fully saturated rings. The molecule has 7 rings (SSSR count). The predicted molar refractivity (Wildman–Crippen MR) is 97.0 cm³/mol. The number of hydrogen-bond donors (Lipinski definition) is 2. The van der Waals surface area contributed by atoms with Crippen LogP contribution < -0.4 is 0 Å². The number of hydrogen-bond acceptors (Lipinski definition) is 6. The van der Waals surface area contributed by atoms with E-state index in [1.165, 1.54) is 38.5 Å². The maximum Gasteiger partial charge on any atom is 0.161 e. The molecule has 6 heteroatoms. The zero-order valence-electron chi connectivity index (χ0n) is 16.3. The van der Waals surface area contributed by atoms with Crippen molar-refractivity contribution in [3.63, 3.8) is 0 Å². The van der Waals surface area contributed by atoms with Gasteiger partial charge >= 0.3 is 0 Å². The molecule has 0 aromatic carbocycles. The average molecular weight is 392 g/mol. The van der Waals surface area contributed by atoms with Crippen LogP contribution in [0.4, 0.5) is 0 Å². The minimum Gasteiger partial charge on any atom is -0.387 e. The van der Waals surface area contributed by atoms with E-state index in [2.05, 4.69) is 0 Å². The molecular weight excluding hydrogens is 360 g/mol. The summed E-state index contributed by atoms with van der Waals surface area (Å²) in [6.45, 7) is 0. The lowest BCUT2D eigenvalue weighted by atomic mass is 9.85. The van der Waals surface area contributed by atoms with Gasteiger partial charge in [-0.25, -0.2) is 0 Å². The molecule has 2 heterocycles. The number of aliphatic hydroxyl groups is 2. The maximum atomic E-state index is 11.0. The zero-order chi connectivity index (χ0) is 18.6. The number of rotatable bonds is 2. The van der Waals surface area contributed by atoms with Crippen molar-refractivity contribution in [3.8, 4) is 0 Å². The average Bonchev–Trinajstić information content (AvgIpc) is 3.53. The van der Waals surface area contributed by atoms with Gasteiger partial charge in [-0.1, -0.05) is 12.8 Å². The zero-order valence-corrected chi connectivity index (χ0v) is 16.3. The lowest BCUT2D eigenvalue weighted by Crippen LogP contribution is -2.61. The molecular formula is C22H32O6. The third kappa shape index (κ3) is 2.36. The lowest BCUT2D eigenvalue weighted by Gasteiger charge is -2.38. The molecule has 8 unspecified atom stereocenters. The van der Waals surface area contributed by atoms with Crippen LogP contribution in [0.3, 0.4) is 0 Å². The first-order valence-corrected chi connectivity index (χ1v) is 11.6. The van der Waals surface area contributed by atoms with Crippen LogP contribution in [-0.2, 0) is 18.9 Å². The van der Waals surface area contributed by atoms with Gasteiger partial charge in [-0.05, 0) is 62.2 Å². The molecule has 0 aromatic heterocycles. The number of ether oxygens (including phenoxy) is 4. The summed E-state index contributed by atoms with van der Waals surface area (Å²) >= 11 is 0. The molecule has 156 valence electrons. The molecule has 2 N–H and O–H groups in total. The van der Waals surface area contributed by atoms with Gasteiger partial charge in [-0.3, -0.25) is 0 Å². The summed E-state index contributed by atoms with van der Waals surface area (Å²) in [5.41, 5.74) is 0. The first-order valence-electron chi connectivity index (χ1n) is 11.6. The van der Waals surface area contributed by atoms with Crippen LogP contribution >= 0.6 is 0 Å². The quantitative estimate of drug-likeness (QED) is 0.746. The highest BCUT2D eigenvalue weighted by Crippen LogP contribution is 2.54. The van der Waals surface area contributed by atoms with Gasteiger partial charge < -0.3 is 29.2 Å². The van der Waals surface area contributed by atoms with Gasteiger partial charge in [0.2, 0.25) is 0 Å². The van der Waals surface area contributed by atoms with E-state index in [1.807, 2.05) is 0 Å². The first-order chi connectivity index (χ1) is 13.7. The first kappa shape index (κ1) is 17.4. The van der Waals surface area contributed by atoms with E-state index in [4.69, 9.17) is 18.9 Å². The van der Waals surface area contributed by atoms with Gasteiger partial charge in [0.25, 0.3) is 0 Å². The van der Waals surface area contributed by atoms with E-state index in [-0.39, 0.29) is 12.6 Å². The summed E-state index contributed by atoms with van der Waals surface area (Å²) in [4.78, 5) is 0. The van der Waals surface area contributed by atoms with E-state index >= 15 is 0 Å². The molecule has 6 nitrogen and oxygen atoms in total. The second-order valence-electron chi connectivity index (χ2n) is 10.8. The number of aliphatic hydroxyl groups excluding tert-OH is 2. The van der Waals surface area contributed by atoms with Crippen LogP contribution in [0.1, 0.15) is 51.4 Å². The molecule has 14 atom stereocenters. The third-order valence-electron chi connectivity index (χ3n) is 9.44. The Morgan fingerprint density at radius 2 is 0.893 bits per heavy atom. The van der Waals surface area contributed by atoms with Crippen molar-refractivity contribution in [1.29, 1.82) is 0 Å². The monoisotopic (exact) mass is 392 g/mol. The minimum atomic E-state index is -0.800. The Kier molecular flexibility index (Phi) is 3.83. The van der Waals surface area contributed by atoms with Crippen LogP contribution in [0.2, 0.25) is 0 Å². The Labute approximate surface area is 165 Å². The second-order valence-corrected chi connectivity index (χ2v) is 10.8. The Morgan fingerprint density at radius 1 is 0.500 bits per heavy atom. The molecule has 7 aliphatic rings. The van der Waals surface area contributed by atoms with Crippen molar-refractivity contribution in [2.75, 3.05) is 0 Å². The Hall–Kier alpha value is -0.240. The van der Waals surface area contributed by atoms with E-state index in [0.717, 1.165) is 24.7 Å². The fourth-order valence-corrected chi connectivity index (χ4v) is 8.12. The minimum absolute atomic E-state index is 0.296. The molecule has 5 saturated carbocycles. The second kappa shape index (κ2) is 6.14. The van der Waals surface area contributed by atoms with Crippen LogP contribution in [0.5, 0.6) is 0 Å². The smallest absolute Gasteiger partial charge is 0.161 e.